The van der Waals surface area contributed by atoms with Crippen LogP contribution in [0.1, 0.15) is 73.1 Å². The lowest BCUT2D eigenvalue weighted by molar-refractivity contribution is 0.0270. The summed E-state index contributed by atoms with van der Waals surface area (Å²) in [7, 11) is 0. The molecular weight excluding hydrogens is 404 g/mol. The predicted octanol–water partition coefficient (Wildman–Crippen LogP) is 4.06. The van der Waals surface area contributed by atoms with Crippen LogP contribution in [0.2, 0.25) is 0 Å². The Morgan fingerprint density at radius 3 is 2.69 bits per heavy atom. The SMILES string of the molecule is CC(C)(C)OC(=O)N1CC=C(c2cc3c(cc2-n2cnc(C4CC4)c2)C(=O)NCC3)CC1. The molecule has 1 fully saturated rings. The highest BCUT2D eigenvalue weighted by atomic mass is 16.6. The summed E-state index contributed by atoms with van der Waals surface area (Å²) in [5, 5.41) is 2.95. The molecule has 7 nitrogen and oxygen atoms in total. The van der Waals surface area contributed by atoms with Crippen molar-refractivity contribution in [3.8, 4) is 5.69 Å². The highest BCUT2D eigenvalue weighted by molar-refractivity contribution is 5.98. The lowest BCUT2D eigenvalue weighted by atomic mass is 9.90. The second-order valence-corrected chi connectivity index (χ2v) is 9.92. The zero-order valence-corrected chi connectivity index (χ0v) is 19.0. The molecule has 1 aliphatic carbocycles. The molecule has 0 radical (unpaired) electrons. The van der Waals surface area contributed by atoms with Crippen molar-refractivity contribution < 1.29 is 14.3 Å². The van der Waals surface area contributed by atoms with E-state index in [1.807, 2.05) is 37.7 Å². The standard InChI is InChI=1S/C25H30N4O3/c1-25(2,3)32-24(31)28-10-7-16(8-11-28)19-12-18-6-9-26-23(30)20(18)13-22(19)29-14-21(27-15-29)17-4-5-17/h7,12-15,17H,4-6,8-11H2,1-3H3,(H,26,30). The number of imidazole rings is 1. The number of carbonyl (C=O) groups excluding carboxylic acids is 2. The summed E-state index contributed by atoms with van der Waals surface area (Å²) >= 11 is 0. The molecule has 2 aliphatic heterocycles. The number of nitrogens with one attached hydrogen (secondary N) is 1. The minimum atomic E-state index is -0.506. The minimum absolute atomic E-state index is 0.0182. The maximum Gasteiger partial charge on any atom is 0.410 e. The quantitative estimate of drug-likeness (QED) is 0.790. The van der Waals surface area contributed by atoms with E-state index in [2.05, 4.69) is 28.6 Å². The molecule has 0 spiro atoms. The first kappa shape index (κ1) is 20.8. The number of benzene rings is 1. The van der Waals surface area contributed by atoms with Gasteiger partial charge in [0.2, 0.25) is 0 Å². The van der Waals surface area contributed by atoms with Gasteiger partial charge in [-0.2, -0.15) is 0 Å². The van der Waals surface area contributed by atoms with Crippen LogP contribution in [-0.4, -0.2) is 51.7 Å². The summed E-state index contributed by atoms with van der Waals surface area (Å²) < 4.78 is 7.58. The Balaban J connectivity index is 1.48. The first-order valence-corrected chi connectivity index (χ1v) is 11.5. The Bertz CT molecular complexity index is 1100. The van der Waals surface area contributed by atoms with Gasteiger partial charge in [-0.05, 0) is 69.7 Å². The van der Waals surface area contributed by atoms with E-state index in [1.165, 1.54) is 18.4 Å². The van der Waals surface area contributed by atoms with Crippen molar-refractivity contribution in [1.29, 1.82) is 0 Å². The molecule has 0 atom stereocenters. The maximum absolute atomic E-state index is 12.5. The van der Waals surface area contributed by atoms with Gasteiger partial charge in [-0.3, -0.25) is 4.79 Å². The fourth-order valence-corrected chi connectivity index (χ4v) is 4.39. The van der Waals surface area contributed by atoms with E-state index >= 15 is 0 Å². The van der Waals surface area contributed by atoms with E-state index in [1.54, 1.807) is 4.90 Å². The van der Waals surface area contributed by atoms with E-state index in [9.17, 15) is 9.59 Å². The zero-order valence-electron chi connectivity index (χ0n) is 19.0. The Hall–Kier alpha value is -3.09. The number of aromatic nitrogens is 2. The van der Waals surface area contributed by atoms with Crippen LogP contribution in [0.5, 0.6) is 0 Å². The number of nitrogens with zero attached hydrogens (tertiary/aromatic N) is 3. The van der Waals surface area contributed by atoms with Crippen molar-refractivity contribution in [2.75, 3.05) is 19.6 Å². The van der Waals surface area contributed by atoms with Crippen LogP contribution in [0.15, 0.2) is 30.7 Å². The highest BCUT2D eigenvalue weighted by Crippen LogP contribution is 2.40. The molecule has 1 N–H and O–H groups in total. The van der Waals surface area contributed by atoms with Crippen molar-refractivity contribution in [1.82, 2.24) is 19.8 Å². The van der Waals surface area contributed by atoms with Gasteiger partial charge in [-0.1, -0.05) is 6.08 Å². The second-order valence-electron chi connectivity index (χ2n) is 9.92. The normalized spacial score (nSPS) is 18.7. The van der Waals surface area contributed by atoms with Crippen LogP contribution in [0.3, 0.4) is 0 Å². The van der Waals surface area contributed by atoms with Crippen LogP contribution in [0.4, 0.5) is 4.79 Å². The summed E-state index contributed by atoms with van der Waals surface area (Å²) in [6.07, 6.45) is 9.74. The average molecular weight is 435 g/mol. The van der Waals surface area contributed by atoms with Crippen molar-refractivity contribution in [3.63, 3.8) is 0 Å². The van der Waals surface area contributed by atoms with E-state index in [0.29, 0.717) is 25.6 Å². The van der Waals surface area contributed by atoms with Gasteiger partial charge in [-0.15, -0.1) is 0 Å². The van der Waals surface area contributed by atoms with Gasteiger partial charge in [0.15, 0.2) is 0 Å². The van der Waals surface area contributed by atoms with Gasteiger partial charge in [-0.25, -0.2) is 9.78 Å². The molecule has 1 saturated carbocycles. The zero-order chi connectivity index (χ0) is 22.5. The number of carbonyl (C=O) groups is 2. The van der Waals surface area contributed by atoms with E-state index in [0.717, 1.165) is 40.9 Å². The van der Waals surface area contributed by atoms with Gasteiger partial charge in [0.1, 0.15) is 5.60 Å². The maximum atomic E-state index is 12.5. The summed E-state index contributed by atoms with van der Waals surface area (Å²) in [5.41, 5.74) is 5.70. The number of fused-ring (bicyclic) bond motifs is 1. The fourth-order valence-electron chi connectivity index (χ4n) is 4.39. The molecule has 32 heavy (non-hydrogen) atoms. The second kappa shape index (κ2) is 7.80. The number of ether oxygens (including phenoxy) is 1. The third-order valence-electron chi connectivity index (χ3n) is 6.23. The van der Waals surface area contributed by atoms with Gasteiger partial charge < -0.3 is 19.5 Å². The molecule has 5 rings (SSSR count). The van der Waals surface area contributed by atoms with Crippen LogP contribution >= 0.6 is 0 Å². The molecule has 1 aromatic heterocycles. The predicted molar refractivity (Wildman–Crippen MR) is 122 cm³/mol. The Kier molecular flexibility index (Phi) is 5.07. The fraction of sp³-hybridized carbons (Fsp3) is 0.480. The highest BCUT2D eigenvalue weighted by Gasteiger charge is 2.28. The first-order chi connectivity index (χ1) is 15.3. The third kappa shape index (κ3) is 4.16. The molecule has 2 aromatic rings. The Morgan fingerprint density at radius 1 is 1.19 bits per heavy atom. The van der Waals surface area contributed by atoms with Gasteiger partial charge in [0.25, 0.3) is 5.91 Å². The Labute approximate surface area is 188 Å². The first-order valence-electron chi connectivity index (χ1n) is 11.5. The molecule has 0 unspecified atom stereocenters. The molecule has 7 heteroatoms. The molecule has 1 aromatic carbocycles. The van der Waals surface area contributed by atoms with Crippen molar-refractivity contribution in [3.05, 3.63) is 53.1 Å². The molecule has 3 heterocycles. The molecular formula is C25H30N4O3. The van der Waals surface area contributed by atoms with Crippen molar-refractivity contribution >= 4 is 17.6 Å². The molecule has 168 valence electrons. The van der Waals surface area contributed by atoms with E-state index in [4.69, 9.17) is 4.74 Å². The van der Waals surface area contributed by atoms with E-state index < -0.39 is 5.60 Å². The molecule has 0 saturated heterocycles. The van der Waals surface area contributed by atoms with Crippen molar-refractivity contribution in [2.45, 2.75) is 58.0 Å². The molecule has 2 amide bonds. The summed E-state index contributed by atoms with van der Waals surface area (Å²) in [5.74, 6) is 0.548. The van der Waals surface area contributed by atoms with Crippen LogP contribution < -0.4 is 5.32 Å². The number of rotatable bonds is 3. The van der Waals surface area contributed by atoms with Crippen LogP contribution in [0.25, 0.3) is 11.3 Å². The van der Waals surface area contributed by atoms with Crippen LogP contribution in [-0.2, 0) is 11.2 Å². The topological polar surface area (TPSA) is 76.5 Å². The monoisotopic (exact) mass is 434 g/mol. The molecule has 3 aliphatic rings. The summed E-state index contributed by atoms with van der Waals surface area (Å²) in [6.45, 7) is 7.42. The smallest absolute Gasteiger partial charge is 0.410 e. The number of amides is 2. The average Bonchev–Trinajstić information content (AvgIpc) is 3.49. The molecule has 0 bridgehead atoms. The lowest BCUT2D eigenvalue weighted by Crippen LogP contribution is -2.39. The lowest BCUT2D eigenvalue weighted by Gasteiger charge is -2.30. The van der Waals surface area contributed by atoms with Crippen molar-refractivity contribution in [2.24, 2.45) is 0 Å². The van der Waals surface area contributed by atoms with E-state index in [-0.39, 0.29) is 12.0 Å². The minimum Gasteiger partial charge on any atom is -0.444 e. The van der Waals surface area contributed by atoms with Gasteiger partial charge in [0.05, 0.1) is 17.7 Å². The third-order valence-corrected chi connectivity index (χ3v) is 6.23. The Morgan fingerprint density at radius 2 is 2.00 bits per heavy atom. The summed E-state index contributed by atoms with van der Waals surface area (Å²) in [4.78, 5) is 31.3. The van der Waals surface area contributed by atoms with Gasteiger partial charge in [0, 0.05) is 42.9 Å². The van der Waals surface area contributed by atoms with Crippen LogP contribution in [0, 0.1) is 0 Å². The summed E-state index contributed by atoms with van der Waals surface area (Å²) in [6, 6.07) is 4.16. The van der Waals surface area contributed by atoms with Gasteiger partial charge >= 0.3 is 6.09 Å². The largest absolute Gasteiger partial charge is 0.444 e. The number of hydrogen-bond acceptors (Lipinski definition) is 4. The number of hydrogen-bond donors (Lipinski definition) is 1.